The molecule has 0 spiro atoms. The second kappa shape index (κ2) is 5.99. The van der Waals surface area contributed by atoms with Gasteiger partial charge in [-0.05, 0) is 19.9 Å². The van der Waals surface area contributed by atoms with Gasteiger partial charge in [-0.3, -0.25) is 4.79 Å². The molecular weight excluding hydrogens is 127 g/mol. The molecule has 1 radical (unpaired) electrons. The van der Waals surface area contributed by atoms with Crippen LogP contribution in [0.15, 0.2) is 12.2 Å². The van der Waals surface area contributed by atoms with Crippen LogP contribution in [0.3, 0.4) is 0 Å². The molecule has 0 amide bonds. The molecule has 0 bridgehead atoms. The molecule has 0 aromatic carbocycles. The molecule has 0 saturated heterocycles. The van der Waals surface area contributed by atoms with Crippen LogP contribution >= 0.6 is 0 Å². The molecule has 39 valence electrons. The number of rotatable bonds is 1. The van der Waals surface area contributed by atoms with Crippen molar-refractivity contribution in [1.82, 2.24) is 0 Å². The Kier molecular flexibility index (Phi) is 8.63. The average molecular weight is 135 g/mol. The van der Waals surface area contributed by atoms with Crippen molar-refractivity contribution in [1.29, 1.82) is 0 Å². The van der Waals surface area contributed by atoms with Gasteiger partial charge in [0.2, 0.25) is 0 Å². The van der Waals surface area contributed by atoms with E-state index in [0.29, 0.717) is 0 Å². The Balaban J connectivity index is 0. The Morgan fingerprint density at radius 3 is 2.00 bits per heavy atom. The summed E-state index contributed by atoms with van der Waals surface area (Å²) in [6.45, 7) is 3.35. The maximum Gasteiger partial charge on any atom is 0.152 e. The smallest absolute Gasteiger partial charge is 0.152 e. The van der Waals surface area contributed by atoms with Gasteiger partial charge >= 0.3 is 0 Å². The van der Waals surface area contributed by atoms with Gasteiger partial charge in [-0.15, -0.1) is 0 Å². The van der Waals surface area contributed by atoms with Crippen LogP contribution in [0.1, 0.15) is 13.8 Å². The summed E-state index contributed by atoms with van der Waals surface area (Å²) < 4.78 is 0. The minimum atomic E-state index is 0. The molecule has 0 aromatic rings. The van der Waals surface area contributed by atoms with Gasteiger partial charge in [0.25, 0.3) is 0 Å². The van der Waals surface area contributed by atoms with Crippen molar-refractivity contribution >= 4 is 5.78 Å². The molecule has 0 rings (SSSR count). The first kappa shape index (κ1) is 10.1. The monoisotopic (exact) mass is 135 g/mol. The Bertz CT molecular complexity index is 76.1. The summed E-state index contributed by atoms with van der Waals surface area (Å²) >= 11 is 0. The quantitative estimate of drug-likeness (QED) is 0.493. The van der Waals surface area contributed by atoms with E-state index >= 15 is 0 Å². The van der Waals surface area contributed by atoms with E-state index in [1.54, 1.807) is 6.08 Å². The standard InChI is InChI=1S/C5H8O.V/c1-3-4-5(2)6;/h3-4H,1-2H3;/b4-3+;. The van der Waals surface area contributed by atoms with Crippen LogP contribution in [0.25, 0.3) is 0 Å². The van der Waals surface area contributed by atoms with Crippen LogP contribution in [-0.4, -0.2) is 5.78 Å². The molecule has 0 atom stereocenters. The summed E-state index contributed by atoms with van der Waals surface area (Å²) in [6.07, 6.45) is 3.25. The van der Waals surface area contributed by atoms with Crippen molar-refractivity contribution in [3.63, 3.8) is 0 Å². The van der Waals surface area contributed by atoms with E-state index in [1.807, 2.05) is 6.92 Å². The molecule has 0 unspecified atom stereocenters. The summed E-state index contributed by atoms with van der Waals surface area (Å²) in [5, 5.41) is 0. The molecule has 0 fully saturated rings. The van der Waals surface area contributed by atoms with Crippen LogP contribution in [-0.2, 0) is 23.4 Å². The first-order valence-electron chi connectivity index (χ1n) is 1.90. The van der Waals surface area contributed by atoms with Crippen molar-refractivity contribution in [3.8, 4) is 0 Å². The molecule has 0 aliphatic rings. The molecule has 2 heteroatoms. The number of hydrogen-bond acceptors (Lipinski definition) is 1. The van der Waals surface area contributed by atoms with Crippen molar-refractivity contribution in [2.45, 2.75) is 13.8 Å². The Morgan fingerprint density at radius 1 is 1.57 bits per heavy atom. The van der Waals surface area contributed by atoms with E-state index in [9.17, 15) is 4.79 Å². The fraction of sp³-hybridized carbons (Fsp3) is 0.400. The van der Waals surface area contributed by atoms with Crippen molar-refractivity contribution in [3.05, 3.63) is 12.2 Å². The van der Waals surface area contributed by atoms with Gasteiger partial charge in [0.05, 0.1) is 0 Å². The Morgan fingerprint density at radius 2 is 2.00 bits per heavy atom. The van der Waals surface area contributed by atoms with Crippen molar-refractivity contribution in [2.24, 2.45) is 0 Å². The van der Waals surface area contributed by atoms with Crippen molar-refractivity contribution < 1.29 is 23.4 Å². The third-order valence-electron chi connectivity index (χ3n) is 0.401. The van der Waals surface area contributed by atoms with Gasteiger partial charge in [-0.2, -0.15) is 0 Å². The molecule has 0 aromatic heterocycles. The van der Waals surface area contributed by atoms with E-state index in [4.69, 9.17) is 0 Å². The summed E-state index contributed by atoms with van der Waals surface area (Å²) in [5.41, 5.74) is 0. The third kappa shape index (κ3) is 10.7. The summed E-state index contributed by atoms with van der Waals surface area (Å²) in [6, 6.07) is 0. The zero-order valence-corrected chi connectivity index (χ0v) is 5.91. The van der Waals surface area contributed by atoms with Gasteiger partial charge in [-0.25, -0.2) is 0 Å². The molecule has 0 saturated carbocycles. The fourth-order valence-corrected chi connectivity index (χ4v) is 0.235. The van der Waals surface area contributed by atoms with E-state index in [-0.39, 0.29) is 24.3 Å². The molecular formula is C5H8OV. The third-order valence-corrected chi connectivity index (χ3v) is 0.401. The predicted octanol–water partition coefficient (Wildman–Crippen LogP) is 1.15. The number of allylic oxidation sites excluding steroid dienone is 2. The number of ketones is 1. The largest absolute Gasteiger partial charge is 0.295 e. The van der Waals surface area contributed by atoms with E-state index < -0.39 is 0 Å². The minimum Gasteiger partial charge on any atom is -0.295 e. The summed E-state index contributed by atoms with van der Waals surface area (Å²) in [7, 11) is 0. The first-order chi connectivity index (χ1) is 2.77. The zero-order valence-electron chi connectivity index (χ0n) is 4.51. The van der Waals surface area contributed by atoms with Gasteiger partial charge in [0.15, 0.2) is 5.78 Å². The normalized spacial score (nSPS) is 8.29. The van der Waals surface area contributed by atoms with Gasteiger partial charge < -0.3 is 0 Å². The molecule has 0 aliphatic heterocycles. The zero-order chi connectivity index (χ0) is 4.99. The van der Waals surface area contributed by atoms with Gasteiger partial charge in [0, 0.05) is 18.6 Å². The van der Waals surface area contributed by atoms with E-state index in [2.05, 4.69) is 0 Å². The van der Waals surface area contributed by atoms with E-state index in [0.717, 1.165) is 0 Å². The molecule has 0 heterocycles. The van der Waals surface area contributed by atoms with E-state index in [1.165, 1.54) is 13.0 Å². The summed E-state index contributed by atoms with van der Waals surface area (Å²) in [4.78, 5) is 9.96. The van der Waals surface area contributed by atoms with Gasteiger partial charge in [-0.1, -0.05) is 6.08 Å². The van der Waals surface area contributed by atoms with Crippen LogP contribution < -0.4 is 0 Å². The second-order valence-corrected chi connectivity index (χ2v) is 1.11. The fourth-order valence-electron chi connectivity index (χ4n) is 0.235. The number of carbonyl (C=O) groups is 1. The summed E-state index contributed by atoms with van der Waals surface area (Å²) in [5.74, 6) is 0.109. The predicted molar refractivity (Wildman–Crippen MR) is 25.5 cm³/mol. The van der Waals surface area contributed by atoms with Crippen LogP contribution in [0.5, 0.6) is 0 Å². The van der Waals surface area contributed by atoms with Gasteiger partial charge in [0.1, 0.15) is 0 Å². The topological polar surface area (TPSA) is 17.1 Å². The number of carbonyl (C=O) groups excluding carboxylic acids is 1. The maximum atomic E-state index is 9.96. The number of hydrogen-bond donors (Lipinski definition) is 0. The molecule has 0 aliphatic carbocycles. The van der Waals surface area contributed by atoms with Crippen molar-refractivity contribution in [2.75, 3.05) is 0 Å². The average Bonchev–Trinajstić information content (AvgIpc) is 1.35. The molecule has 7 heavy (non-hydrogen) atoms. The Hall–Kier alpha value is -0.00558. The first-order valence-corrected chi connectivity index (χ1v) is 1.90. The maximum absolute atomic E-state index is 9.96. The van der Waals surface area contributed by atoms with Crippen LogP contribution in [0, 0.1) is 0 Å². The molecule has 0 N–H and O–H groups in total. The SMILES string of the molecule is C/C=C/C(C)=O.[V]. The molecule has 1 nitrogen and oxygen atoms in total. The second-order valence-electron chi connectivity index (χ2n) is 1.11. The Labute approximate surface area is 55.7 Å². The van der Waals surface area contributed by atoms with Crippen LogP contribution in [0.2, 0.25) is 0 Å². The van der Waals surface area contributed by atoms with Crippen LogP contribution in [0.4, 0.5) is 0 Å². The minimum absolute atomic E-state index is 0.